The Morgan fingerprint density at radius 1 is 0.857 bits per heavy atom. The van der Waals surface area contributed by atoms with Crippen molar-refractivity contribution in [3.05, 3.63) is 101 Å². The predicted octanol–water partition coefficient (Wildman–Crippen LogP) is 4.60. The third kappa shape index (κ3) is 5.45. The van der Waals surface area contributed by atoms with E-state index in [4.69, 9.17) is 14.3 Å². The molecule has 0 heterocycles. The average molecular weight is 375 g/mol. The third-order valence-corrected chi connectivity index (χ3v) is 4.03. The van der Waals surface area contributed by atoms with E-state index in [1.54, 1.807) is 18.3 Å². The number of benzene rings is 3. The molecule has 0 aliphatic heterocycles. The number of nitrogens with zero attached hydrogens (tertiary/aromatic N) is 1. The molecule has 0 bridgehead atoms. The fourth-order valence-electron chi connectivity index (χ4n) is 2.51. The summed E-state index contributed by atoms with van der Waals surface area (Å²) < 4.78 is 10.6. The highest BCUT2D eigenvalue weighted by Crippen LogP contribution is 2.18. The molecule has 0 fully saturated rings. The first-order chi connectivity index (χ1) is 13.8. The maximum absolute atomic E-state index is 11.5. The molecule has 0 saturated heterocycles. The maximum atomic E-state index is 11.5. The van der Waals surface area contributed by atoms with Crippen LogP contribution in [0.2, 0.25) is 0 Å². The number of ether oxygens (including phenoxy) is 2. The lowest BCUT2D eigenvalue weighted by Gasteiger charge is -2.09. The second-order valence-corrected chi connectivity index (χ2v) is 6.01. The number of rotatable bonds is 8. The van der Waals surface area contributed by atoms with Crippen molar-refractivity contribution in [2.24, 2.45) is 5.16 Å². The molecule has 28 heavy (non-hydrogen) atoms. The molecule has 0 aliphatic carbocycles. The third-order valence-electron chi connectivity index (χ3n) is 4.03. The number of para-hydroxylation sites is 1. The molecule has 3 rings (SSSR count). The van der Waals surface area contributed by atoms with E-state index in [1.165, 1.54) is 7.11 Å². The van der Waals surface area contributed by atoms with Crippen molar-refractivity contribution < 1.29 is 19.1 Å². The van der Waals surface area contributed by atoms with E-state index in [9.17, 15) is 4.79 Å². The molecule has 0 atom stereocenters. The summed E-state index contributed by atoms with van der Waals surface area (Å²) in [6, 6.07) is 24.6. The Labute approximate surface area is 164 Å². The van der Waals surface area contributed by atoms with E-state index in [0.29, 0.717) is 24.5 Å². The van der Waals surface area contributed by atoms with Crippen molar-refractivity contribution in [3.63, 3.8) is 0 Å². The fraction of sp³-hybridized carbons (Fsp3) is 0.130. The molecule has 0 N–H and O–H groups in total. The van der Waals surface area contributed by atoms with Crippen LogP contribution in [0.3, 0.4) is 0 Å². The Morgan fingerprint density at radius 2 is 1.54 bits per heavy atom. The Bertz CT molecular complexity index is 921. The molecular formula is C23H21NO4. The first-order valence-corrected chi connectivity index (χ1v) is 8.84. The highest BCUT2D eigenvalue weighted by atomic mass is 16.6. The van der Waals surface area contributed by atoms with Gasteiger partial charge in [0.05, 0.1) is 18.9 Å². The SMILES string of the molecule is COC(=O)c1ccc(COc2ccccc2/C=N/OCc2ccccc2)cc1. The highest BCUT2D eigenvalue weighted by molar-refractivity contribution is 5.89. The van der Waals surface area contributed by atoms with Crippen LogP contribution in [0.5, 0.6) is 5.75 Å². The summed E-state index contributed by atoms with van der Waals surface area (Å²) in [7, 11) is 1.36. The Balaban J connectivity index is 1.57. The zero-order valence-electron chi connectivity index (χ0n) is 15.6. The molecule has 0 aromatic heterocycles. The first-order valence-electron chi connectivity index (χ1n) is 8.84. The normalized spacial score (nSPS) is 10.6. The quantitative estimate of drug-likeness (QED) is 0.328. The lowest BCUT2D eigenvalue weighted by atomic mass is 10.1. The fourth-order valence-corrected chi connectivity index (χ4v) is 2.51. The monoisotopic (exact) mass is 375 g/mol. The summed E-state index contributed by atoms with van der Waals surface area (Å²) in [5.41, 5.74) is 3.33. The molecule has 0 saturated carbocycles. The predicted molar refractivity (Wildman–Crippen MR) is 107 cm³/mol. The largest absolute Gasteiger partial charge is 0.488 e. The molecule has 0 radical (unpaired) electrons. The molecule has 0 amide bonds. The Hall–Kier alpha value is -3.60. The van der Waals surface area contributed by atoms with Gasteiger partial charge in [-0.2, -0.15) is 0 Å². The minimum atomic E-state index is -0.357. The second-order valence-electron chi connectivity index (χ2n) is 6.01. The Kier molecular flexibility index (Phi) is 6.79. The van der Waals surface area contributed by atoms with Gasteiger partial charge in [0.2, 0.25) is 0 Å². The smallest absolute Gasteiger partial charge is 0.337 e. The van der Waals surface area contributed by atoms with E-state index in [1.807, 2.05) is 66.7 Å². The van der Waals surface area contributed by atoms with E-state index in [-0.39, 0.29) is 5.97 Å². The average Bonchev–Trinajstić information content (AvgIpc) is 2.76. The number of oxime groups is 1. The lowest BCUT2D eigenvalue weighted by molar-refractivity contribution is 0.0600. The molecule has 0 spiro atoms. The standard InChI is InChI=1S/C23H21NO4/c1-26-23(25)20-13-11-19(12-14-20)16-27-22-10-6-5-9-21(22)15-24-28-17-18-7-3-2-4-8-18/h2-15H,16-17H2,1H3/b24-15+. The van der Waals surface area contributed by atoms with Crippen LogP contribution in [0.4, 0.5) is 0 Å². The number of hydrogen-bond donors (Lipinski definition) is 0. The van der Waals surface area contributed by atoms with Crippen molar-refractivity contribution in [1.82, 2.24) is 0 Å². The van der Waals surface area contributed by atoms with Crippen LogP contribution in [-0.4, -0.2) is 19.3 Å². The van der Waals surface area contributed by atoms with Crippen molar-refractivity contribution in [2.75, 3.05) is 7.11 Å². The summed E-state index contributed by atoms with van der Waals surface area (Å²) in [5.74, 6) is 0.344. The summed E-state index contributed by atoms with van der Waals surface area (Å²) in [6.07, 6.45) is 1.64. The van der Waals surface area contributed by atoms with Crippen molar-refractivity contribution >= 4 is 12.2 Å². The molecule has 5 heteroatoms. The molecule has 5 nitrogen and oxygen atoms in total. The van der Waals surface area contributed by atoms with Crippen molar-refractivity contribution in [3.8, 4) is 5.75 Å². The lowest BCUT2D eigenvalue weighted by Crippen LogP contribution is -2.02. The summed E-state index contributed by atoms with van der Waals surface area (Å²) in [5, 5.41) is 4.04. The van der Waals surface area contributed by atoms with E-state index >= 15 is 0 Å². The summed E-state index contributed by atoms with van der Waals surface area (Å²) in [4.78, 5) is 16.8. The number of esters is 1. The Morgan fingerprint density at radius 3 is 2.29 bits per heavy atom. The van der Waals surface area contributed by atoms with Gasteiger partial charge in [0.1, 0.15) is 19.0 Å². The molecule has 0 aliphatic rings. The number of methoxy groups -OCH3 is 1. The zero-order valence-corrected chi connectivity index (χ0v) is 15.6. The zero-order chi connectivity index (χ0) is 19.6. The number of carbonyl (C=O) groups is 1. The summed E-state index contributed by atoms with van der Waals surface area (Å²) in [6.45, 7) is 0.782. The molecule has 0 unspecified atom stereocenters. The van der Waals surface area contributed by atoms with Gasteiger partial charge < -0.3 is 14.3 Å². The highest BCUT2D eigenvalue weighted by Gasteiger charge is 2.06. The van der Waals surface area contributed by atoms with Crippen LogP contribution < -0.4 is 4.74 Å². The molecule has 3 aromatic carbocycles. The van der Waals surface area contributed by atoms with E-state index in [2.05, 4.69) is 5.16 Å². The van der Waals surface area contributed by atoms with Crippen LogP contribution in [0.1, 0.15) is 27.0 Å². The van der Waals surface area contributed by atoms with Gasteiger partial charge in [-0.05, 0) is 35.4 Å². The van der Waals surface area contributed by atoms with Gasteiger partial charge in [0, 0.05) is 5.56 Å². The van der Waals surface area contributed by atoms with Gasteiger partial charge in [-0.1, -0.05) is 59.8 Å². The number of hydrogen-bond acceptors (Lipinski definition) is 5. The number of carbonyl (C=O) groups excluding carboxylic acids is 1. The van der Waals surface area contributed by atoms with Gasteiger partial charge in [0.25, 0.3) is 0 Å². The van der Waals surface area contributed by atoms with Gasteiger partial charge >= 0.3 is 5.97 Å². The molecule has 3 aromatic rings. The topological polar surface area (TPSA) is 57.1 Å². The maximum Gasteiger partial charge on any atom is 0.337 e. The van der Waals surface area contributed by atoms with Crippen molar-refractivity contribution in [1.29, 1.82) is 0 Å². The van der Waals surface area contributed by atoms with Crippen LogP contribution in [0.15, 0.2) is 84.0 Å². The summed E-state index contributed by atoms with van der Waals surface area (Å²) >= 11 is 0. The van der Waals surface area contributed by atoms with E-state index in [0.717, 1.165) is 16.7 Å². The minimum Gasteiger partial charge on any atom is -0.488 e. The first kappa shape index (κ1) is 19.2. The van der Waals surface area contributed by atoms with Crippen LogP contribution in [-0.2, 0) is 22.8 Å². The van der Waals surface area contributed by atoms with Gasteiger partial charge in [-0.25, -0.2) is 4.79 Å². The van der Waals surface area contributed by atoms with Gasteiger partial charge in [-0.15, -0.1) is 0 Å². The molecular weight excluding hydrogens is 354 g/mol. The van der Waals surface area contributed by atoms with Crippen molar-refractivity contribution in [2.45, 2.75) is 13.2 Å². The van der Waals surface area contributed by atoms with Gasteiger partial charge in [-0.3, -0.25) is 0 Å². The van der Waals surface area contributed by atoms with E-state index < -0.39 is 0 Å². The minimum absolute atomic E-state index is 0.357. The van der Waals surface area contributed by atoms with Crippen LogP contribution in [0, 0.1) is 0 Å². The molecule has 142 valence electrons. The van der Waals surface area contributed by atoms with Gasteiger partial charge in [0.15, 0.2) is 0 Å². The van der Waals surface area contributed by atoms with Crippen LogP contribution in [0.25, 0.3) is 0 Å². The second kappa shape index (κ2) is 9.92. The van der Waals surface area contributed by atoms with Crippen LogP contribution >= 0.6 is 0 Å².